The molecule has 17 heavy (non-hydrogen) atoms. The molecular formula is C13H20O3S. The molecule has 4 heteroatoms. The fourth-order valence-corrected chi connectivity index (χ4v) is 5.44. The molecule has 0 aromatic carbocycles. The summed E-state index contributed by atoms with van der Waals surface area (Å²) in [5, 5.41) is 0. The normalized spacial score (nSPS) is 38.0. The Morgan fingerprint density at radius 3 is 2.41 bits per heavy atom. The van der Waals surface area contributed by atoms with Crippen molar-refractivity contribution in [1.29, 1.82) is 0 Å². The lowest BCUT2D eigenvalue weighted by Crippen LogP contribution is -2.42. The van der Waals surface area contributed by atoms with E-state index >= 15 is 0 Å². The minimum atomic E-state index is -3.14. The Balaban J connectivity index is 2.56. The van der Waals surface area contributed by atoms with Gasteiger partial charge in [-0.15, -0.1) is 0 Å². The maximum Gasteiger partial charge on any atom is 0.166 e. The molecule has 0 heterocycles. The highest BCUT2D eigenvalue weighted by Gasteiger charge is 2.67. The molecule has 0 aromatic rings. The fraction of sp³-hybridized carbons (Fsp3) is 0.769. The summed E-state index contributed by atoms with van der Waals surface area (Å²) in [5.41, 5.74) is -0.0489. The van der Waals surface area contributed by atoms with E-state index in [4.69, 9.17) is 0 Å². The SMILES string of the molecule is C/C=C1/C(=O)C2(CS(C)(=O)=O)CCC1C2(C)C. The lowest BCUT2D eigenvalue weighted by molar-refractivity contribution is -0.125. The van der Waals surface area contributed by atoms with Crippen LogP contribution in [0.2, 0.25) is 0 Å². The molecule has 2 fully saturated rings. The van der Waals surface area contributed by atoms with Gasteiger partial charge in [-0.3, -0.25) is 4.79 Å². The van der Waals surface area contributed by atoms with E-state index in [1.54, 1.807) is 0 Å². The van der Waals surface area contributed by atoms with Crippen LogP contribution in [0, 0.1) is 16.7 Å². The first kappa shape index (κ1) is 12.8. The summed E-state index contributed by atoms with van der Waals surface area (Å²) >= 11 is 0. The van der Waals surface area contributed by atoms with Crippen molar-refractivity contribution in [3.05, 3.63) is 11.6 Å². The molecule has 2 bridgehead atoms. The smallest absolute Gasteiger partial charge is 0.166 e. The molecule has 3 nitrogen and oxygen atoms in total. The fourth-order valence-electron chi connectivity index (χ4n) is 3.90. The molecule has 0 radical (unpaired) electrons. The Hall–Kier alpha value is -0.640. The first-order chi connectivity index (χ1) is 7.66. The Bertz CT molecular complexity index is 499. The van der Waals surface area contributed by atoms with Crippen LogP contribution in [0.4, 0.5) is 0 Å². The van der Waals surface area contributed by atoms with Crippen LogP contribution in [0.3, 0.4) is 0 Å². The molecule has 96 valence electrons. The van der Waals surface area contributed by atoms with Gasteiger partial charge in [0.25, 0.3) is 0 Å². The third kappa shape index (κ3) is 1.53. The number of allylic oxidation sites excluding steroid dienone is 2. The van der Waals surface area contributed by atoms with Crippen LogP contribution in [0.25, 0.3) is 0 Å². The van der Waals surface area contributed by atoms with Gasteiger partial charge in [-0.05, 0) is 36.7 Å². The van der Waals surface area contributed by atoms with Crippen molar-refractivity contribution in [2.24, 2.45) is 16.7 Å². The van der Waals surface area contributed by atoms with Gasteiger partial charge < -0.3 is 0 Å². The number of rotatable bonds is 2. The summed E-state index contributed by atoms with van der Waals surface area (Å²) in [7, 11) is -3.14. The Labute approximate surface area is 103 Å². The van der Waals surface area contributed by atoms with E-state index in [1.807, 2.05) is 26.8 Å². The molecule has 2 aliphatic carbocycles. The van der Waals surface area contributed by atoms with E-state index in [0.717, 1.165) is 12.0 Å². The molecule has 2 unspecified atom stereocenters. The summed E-state index contributed by atoms with van der Waals surface area (Å²) in [6.45, 7) is 5.96. The Kier molecular flexibility index (Phi) is 2.59. The average Bonchev–Trinajstić information content (AvgIpc) is 2.47. The van der Waals surface area contributed by atoms with Gasteiger partial charge in [-0.1, -0.05) is 19.9 Å². The number of carbonyl (C=O) groups excluding carboxylic acids is 1. The molecular weight excluding hydrogens is 236 g/mol. The highest BCUT2D eigenvalue weighted by Crippen LogP contribution is 2.66. The Morgan fingerprint density at radius 2 is 2.00 bits per heavy atom. The third-order valence-electron chi connectivity index (χ3n) is 4.86. The van der Waals surface area contributed by atoms with Crippen molar-refractivity contribution in [2.75, 3.05) is 12.0 Å². The molecule has 0 aliphatic heterocycles. The molecule has 2 atom stereocenters. The van der Waals surface area contributed by atoms with Gasteiger partial charge in [0.1, 0.15) is 9.84 Å². The summed E-state index contributed by atoms with van der Waals surface area (Å²) in [6, 6.07) is 0. The van der Waals surface area contributed by atoms with Crippen molar-refractivity contribution in [3.63, 3.8) is 0 Å². The highest BCUT2D eigenvalue weighted by molar-refractivity contribution is 7.90. The van der Waals surface area contributed by atoms with E-state index in [0.29, 0.717) is 6.42 Å². The second-order valence-corrected chi connectivity index (χ2v) is 8.18. The summed E-state index contributed by atoms with van der Waals surface area (Å²) in [4.78, 5) is 12.5. The zero-order valence-electron chi connectivity index (χ0n) is 10.9. The first-order valence-corrected chi connectivity index (χ1v) is 8.10. The van der Waals surface area contributed by atoms with Crippen LogP contribution < -0.4 is 0 Å². The minimum Gasteiger partial charge on any atom is -0.294 e. The molecule has 0 N–H and O–H groups in total. The van der Waals surface area contributed by atoms with Gasteiger partial charge in [-0.2, -0.15) is 0 Å². The van der Waals surface area contributed by atoms with Crippen molar-refractivity contribution < 1.29 is 13.2 Å². The maximum absolute atomic E-state index is 12.5. The van der Waals surface area contributed by atoms with Gasteiger partial charge in [0, 0.05) is 6.26 Å². The van der Waals surface area contributed by atoms with Crippen LogP contribution in [-0.4, -0.2) is 26.2 Å². The van der Waals surface area contributed by atoms with Gasteiger partial charge >= 0.3 is 0 Å². The second-order valence-electron chi connectivity index (χ2n) is 6.04. The van der Waals surface area contributed by atoms with Crippen molar-refractivity contribution in [2.45, 2.75) is 33.6 Å². The zero-order chi connectivity index (χ0) is 13.1. The van der Waals surface area contributed by atoms with Crippen LogP contribution in [0.5, 0.6) is 0 Å². The van der Waals surface area contributed by atoms with E-state index in [1.165, 1.54) is 6.26 Å². The van der Waals surface area contributed by atoms with Crippen LogP contribution in [0.15, 0.2) is 11.6 Å². The average molecular weight is 256 g/mol. The second kappa shape index (κ2) is 3.44. The lowest BCUT2D eigenvalue weighted by Gasteiger charge is -2.35. The molecule has 0 spiro atoms. The Morgan fingerprint density at radius 1 is 1.41 bits per heavy atom. The van der Waals surface area contributed by atoms with Crippen LogP contribution in [0.1, 0.15) is 33.6 Å². The van der Waals surface area contributed by atoms with E-state index < -0.39 is 15.3 Å². The number of fused-ring (bicyclic) bond motifs is 2. The molecule has 0 saturated heterocycles. The third-order valence-corrected chi connectivity index (χ3v) is 5.87. The van der Waals surface area contributed by atoms with Crippen molar-refractivity contribution in [1.82, 2.24) is 0 Å². The van der Waals surface area contributed by atoms with E-state index in [-0.39, 0.29) is 22.9 Å². The largest absolute Gasteiger partial charge is 0.294 e. The summed E-state index contributed by atoms with van der Waals surface area (Å²) in [6.07, 6.45) is 4.76. The van der Waals surface area contributed by atoms with Gasteiger partial charge in [-0.25, -0.2) is 8.42 Å². The van der Waals surface area contributed by atoms with E-state index in [9.17, 15) is 13.2 Å². The number of ketones is 1. The van der Waals surface area contributed by atoms with Crippen molar-refractivity contribution >= 4 is 15.6 Å². The molecule has 2 saturated carbocycles. The first-order valence-electron chi connectivity index (χ1n) is 6.04. The summed E-state index contributed by atoms with van der Waals surface area (Å²) in [5.74, 6) is 0.313. The summed E-state index contributed by atoms with van der Waals surface area (Å²) < 4.78 is 23.3. The highest BCUT2D eigenvalue weighted by atomic mass is 32.2. The number of Topliss-reactive ketones (excluding diaryl/α,β-unsaturated/α-hetero) is 1. The lowest BCUT2D eigenvalue weighted by atomic mass is 9.70. The number of hydrogen-bond acceptors (Lipinski definition) is 3. The maximum atomic E-state index is 12.5. The predicted octanol–water partition coefficient (Wildman–Crippen LogP) is 1.98. The zero-order valence-corrected chi connectivity index (χ0v) is 11.7. The topological polar surface area (TPSA) is 51.2 Å². The minimum absolute atomic E-state index is 0.000324. The molecule has 2 aliphatic rings. The number of hydrogen-bond donors (Lipinski definition) is 0. The van der Waals surface area contributed by atoms with Crippen LogP contribution >= 0.6 is 0 Å². The molecule has 0 amide bonds. The van der Waals surface area contributed by atoms with Gasteiger partial charge in [0.05, 0.1) is 11.2 Å². The number of sulfone groups is 1. The van der Waals surface area contributed by atoms with Gasteiger partial charge in [0.2, 0.25) is 0 Å². The monoisotopic (exact) mass is 256 g/mol. The molecule has 0 aromatic heterocycles. The van der Waals surface area contributed by atoms with E-state index in [2.05, 4.69) is 0 Å². The van der Waals surface area contributed by atoms with Crippen LogP contribution in [-0.2, 0) is 14.6 Å². The number of carbonyl (C=O) groups is 1. The predicted molar refractivity (Wildman–Crippen MR) is 67.4 cm³/mol. The molecule has 2 rings (SSSR count). The van der Waals surface area contributed by atoms with Gasteiger partial charge in [0.15, 0.2) is 5.78 Å². The quantitative estimate of drug-likeness (QED) is 0.710. The standard InChI is InChI=1S/C13H20O3S/c1-5-9-10-6-7-13(11(9)14,12(10,2)3)8-17(4,15)16/h5,10H,6-8H2,1-4H3/b9-5+. The van der Waals surface area contributed by atoms with Crippen molar-refractivity contribution in [3.8, 4) is 0 Å².